The third-order valence-corrected chi connectivity index (χ3v) is 1.99. The lowest BCUT2D eigenvalue weighted by atomic mass is 10.1. The summed E-state index contributed by atoms with van der Waals surface area (Å²) < 4.78 is 0. The second kappa shape index (κ2) is 5.70. The van der Waals surface area contributed by atoms with E-state index in [2.05, 4.69) is 17.2 Å². The fourth-order valence-corrected chi connectivity index (χ4v) is 1.45. The molecule has 1 nitrogen and oxygen atoms in total. The molecule has 0 aliphatic carbocycles. The van der Waals surface area contributed by atoms with Crippen LogP contribution >= 0.6 is 11.6 Å². The summed E-state index contributed by atoms with van der Waals surface area (Å²) in [7, 11) is 1.92. The van der Waals surface area contributed by atoms with Crippen LogP contribution in [-0.2, 0) is 0 Å². The highest BCUT2D eigenvalue weighted by Gasteiger charge is 1.92. The van der Waals surface area contributed by atoms with E-state index in [-0.39, 0.29) is 0 Å². The average molecular weight is 208 g/mol. The van der Waals surface area contributed by atoms with Crippen molar-refractivity contribution in [3.63, 3.8) is 0 Å². The summed E-state index contributed by atoms with van der Waals surface area (Å²) in [4.78, 5) is 0. The van der Waals surface area contributed by atoms with E-state index < -0.39 is 0 Å². The topological polar surface area (TPSA) is 12.0 Å². The van der Waals surface area contributed by atoms with Gasteiger partial charge >= 0.3 is 0 Å². The molecule has 14 heavy (non-hydrogen) atoms. The first-order valence-electron chi connectivity index (χ1n) is 4.63. The summed E-state index contributed by atoms with van der Waals surface area (Å²) >= 11 is 5.91. The van der Waals surface area contributed by atoms with E-state index in [1.54, 1.807) is 0 Å². The number of rotatable bonds is 2. The lowest BCUT2D eigenvalue weighted by Gasteiger charge is -1.96. The largest absolute Gasteiger partial charge is 0.319 e. The molecule has 1 aromatic carbocycles. The van der Waals surface area contributed by atoms with Gasteiger partial charge < -0.3 is 5.32 Å². The van der Waals surface area contributed by atoms with Crippen LogP contribution in [0.25, 0.3) is 0 Å². The molecule has 0 amide bonds. The summed E-state index contributed by atoms with van der Waals surface area (Å²) in [6, 6.07) is 5.86. The van der Waals surface area contributed by atoms with Gasteiger partial charge in [-0.3, -0.25) is 0 Å². The highest BCUT2D eigenvalue weighted by Crippen LogP contribution is 2.13. The predicted octanol–water partition coefficient (Wildman–Crippen LogP) is 2.61. The molecule has 2 heteroatoms. The van der Waals surface area contributed by atoms with E-state index in [0.717, 1.165) is 29.1 Å². The second-order valence-electron chi connectivity index (χ2n) is 3.17. The molecule has 1 rings (SSSR count). The number of hydrogen-bond donors (Lipinski definition) is 1. The van der Waals surface area contributed by atoms with Crippen molar-refractivity contribution >= 4 is 11.6 Å². The maximum atomic E-state index is 5.91. The van der Waals surface area contributed by atoms with Gasteiger partial charge in [0.05, 0.1) is 0 Å². The number of nitrogens with one attached hydrogen (secondary N) is 1. The van der Waals surface area contributed by atoms with Crippen LogP contribution in [0.2, 0.25) is 5.02 Å². The minimum atomic E-state index is 0.753. The van der Waals surface area contributed by atoms with Crippen molar-refractivity contribution in [3.8, 4) is 11.8 Å². The Morgan fingerprint density at radius 2 is 2.14 bits per heavy atom. The zero-order valence-electron chi connectivity index (χ0n) is 8.52. The highest BCUT2D eigenvalue weighted by molar-refractivity contribution is 6.30. The normalized spacial score (nSPS) is 9.36. The molecule has 0 radical (unpaired) electrons. The van der Waals surface area contributed by atoms with Gasteiger partial charge in [-0.1, -0.05) is 23.4 Å². The molecule has 0 saturated carbocycles. The zero-order valence-corrected chi connectivity index (χ0v) is 9.28. The van der Waals surface area contributed by atoms with E-state index in [0.29, 0.717) is 0 Å². The first-order valence-corrected chi connectivity index (χ1v) is 5.01. The third kappa shape index (κ3) is 3.83. The third-order valence-electron chi connectivity index (χ3n) is 1.77. The van der Waals surface area contributed by atoms with Crippen LogP contribution in [0.4, 0.5) is 0 Å². The smallest absolute Gasteiger partial charge is 0.0421 e. The van der Waals surface area contributed by atoms with Crippen molar-refractivity contribution < 1.29 is 0 Å². The first kappa shape index (κ1) is 11.1. The van der Waals surface area contributed by atoms with Crippen molar-refractivity contribution in [1.29, 1.82) is 0 Å². The maximum absolute atomic E-state index is 5.91. The molecule has 0 unspecified atom stereocenters. The van der Waals surface area contributed by atoms with Crippen LogP contribution < -0.4 is 5.32 Å². The minimum Gasteiger partial charge on any atom is -0.319 e. The summed E-state index contributed by atoms with van der Waals surface area (Å²) in [5.74, 6) is 6.17. The van der Waals surface area contributed by atoms with Crippen LogP contribution in [0.3, 0.4) is 0 Å². The molecule has 0 saturated heterocycles. The Bertz CT molecular complexity index is 340. The lowest BCUT2D eigenvalue weighted by molar-refractivity contribution is 0.818. The standard InChI is InChI=1S/C12H14ClN/c1-10-7-11(9-12(13)8-10)5-3-4-6-14-2/h7-9,14H,4,6H2,1-2H3. The highest BCUT2D eigenvalue weighted by atomic mass is 35.5. The van der Waals surface area contributed by atoms with Crippen LogP contribution in [0.5, 0.6) is 0 Å². The molecular weight excluding hydrogens is 194 g/mol. The molecule has 1 aromatic rings. The lowest BCUT2D eigenvalue weighted by Crippen LogP contribution is -2.05. The molecule has 0 bridgehead atoms. The van der Waals surface area contributed by atoms with Crippen LogP contribution in [0.1, 0.15) is 17.5 Å². The Balaban J connectivity index is 2.69. The number of hydrogen-bond acceptors (Lipinski definition) is 1. The van der Waals surface area contributed by atoms with Gasteiger partial charge in [-0.15, -0.1) is 0 Å². The van der Waals surface area contributed by atoms with Gasteiger partial charge in [0.2, 0.25) is 0 Å². The Hall–Kier alpha value is -0.970. The van der Waals surface area contributed by atoms with Gasteiger partial charge in [0.25, 0.3) is 0 Å². The van der Waals surface area contributed by atoms with Gasteiger partial charge in [0.15, 0.2) is 0 Å². The average Bonchev–Trinajstić information content (AvgIpc) is 2.11. The number of aryl methyl sites for hydroxylation is 1. The van der Waals surface area contributed by atoms with Gasteiger partial charge in [-0.2, -0.15) is 0 Å². The van der Waals surface area contributed by atoms with Gasteiger partial charge in [0, 0.05) is 23.6 Å². The van der Waals surface area contributed by atoms with Crippen molar-refractivity contribution in [2.45, 2.75) is 13.3 Å². The van der Waals surface area contributed by atoms with Crippen molar-refractivity contribution in [2.75, 3.05) is 13.6 Å². The molecule has 0 aliphatic rings. The fourth-order valence-electron chi connectivity index (χ4n) is 1.16. The number of benzene rings is 1. The van der Waals surface area contributed by atoms with Gasteiger partial charge in [-0.05, 0) is 37.7 Å². The second-order valence-corrected chi connectivity index (χ2v) is 3.61. The predicted molar refractivity (Wildman–Crippen MR) is 61.6 cm³/mol. The number of halogens is 1. The van der Waals surface area contributed by atoms with Gasteiger partial charge in [-0.25, -0.2) is 0 Å². The van der Waals surface area contributed by atoms with Crippen LogP contribution in [0, 0.1) is 18.8 Å². The van der Waals surface area contributed by atoms with Crippen LogP contribution in [-0.4, -0.2) is 13.6 Å². The van der Waals surface area contributed by atoms with E-state index in [9.17, 15) is 0 Å². The summed E-state index contributed by atoms with van der Waals surface area (Å²) in [6.07, 6.45) is 0.863. The van der Waals surface area contributed by atoms with Crippen LogP contribution in [0.15, 0.2) is 18.2 Å². The van der Waals surface area contributed by atoms with E-state index in [1.807, 2.05) is 32.2 Å². The van der Waals surface area contributed by atoms with Crippen molar-refractivity contribution in [2.24, 2.45) is 0 Å². The van der Waals surface area contributed by atoms with E-state index >= 15 is 0 Å². The quantitative estimate of drug-likeness (QED) is 0.581. The minimum absolute atomic E-state index is 0.753. The summed E-state index contributed by atoms with van der Waals surface area (Å²) in [5.41, 5.74) is 2.14. The fraction of sp³-hybridized carbons (Fsp3) is 0.333. The molecule has 74 valence electrons. The zero-order chi connectivity index (χ0) is 10.4. The molecule has 0 fully saturated rings. The molecule has 0 atom stereocenters. The van der Waals surface area contributed by atoms with E-state index in [1.165, 1.54) is 0 Å². The monoisotopic (exact) mass is 207 g/mol. The summed E-state index contributed by atoms with van der Waals surface area (Å²) in [6.45, 7) is 2.94. The van der Waals surface area contributed by atoms with Gasteiger partial charge in [0.1, 0.15) is 0 Å². The molecule has 0 aromatic heterocycles. The van der Waals surface area contributed by atoms with E-state index in [4.69, 9.17) is 11.6 Å². The molecule has 0 spiro atoms. The van der Waals surface area contributed by atoms with Crippen molar-refractivity contribution in [3.05, 3.63) is 34.3 Å². The Morgan fingerprint density at radius 3 is 2.79 bits per heavy atom. The Labute approximate surface area is 90.5 Å². The summed E-state index contributed by atoms with van der Waals surface area (Å²) in [5, 5.41) is 3.80. The SMILES string of the molecule is CNCCC#Cc1cc(C)cc(Cl)c1. The Kier molecular flexibility index (Phi) is 4.52. The first-order chi connectivity index (χ1) is 6.72. The molecule has 0 heterocycles. The van der Waals surface area contributed by atoms with Crippen molar-refractivity contribution in [1.82, 2.24) is 5.32 Å². The molecule has 1 N–H and O–H groups in total. The molecular formula is C12H14ClN. The molecule has 0 aliphatic heterocycles. The Morgan fingerprint density at radius 1 is 1.36 bits per heavy atom. The maximum Gasteiger partial charge on any atom is 0.0421 e.